The highest BCUT2D eigenvalue weighted by atomic mass is 32.2. The minimum Gasteiger partial charge on any atom is -0.326 e. The van der Waals surface area contributed by atoms with Crippen molar-refractivity contribution in [2.75, 3.05) is 23.0 Å². The first kappa shape index (κ1) is 18.3. The smallest absolute Gasteiger partial charge is 0.319 e. The Hall–Kier alpha value is -2.54. The zero-order valence-electron chi connectivity index (χ0n) is 14.6. The third-order valence-corrected chi connectivity index (χ3v) is 5.02. The van der Waals surface area contributed by atoms with Crippen LogP contribution in [0.3, 0.4) is 0 Å². The van der Waals surface area contributed by atoms with E-state index in [2.05, 4.69) is 10.6 Å². The molecule has 1 aliphatic rings. The highest BCUT2D eigenvalue weighted by molar-refractivity contribution is 7.98. The van der Waals surface area contributed by atoms with E-state index in [1.54, 1.807) is 41.8 Å². The number of halogens is 1. The maximum absolute atomic E-state index is 13.4. The van der Waals surface area contributed by atoms with Gasteiger partial charge in [-0.3, -0.25) is 4.79 Å². The summed E-state index contributed by atoms with van der Waals surface area (Å²) < 4.78 is 13.4. The highest BCUT2D eigenvalue weighted by Crippen LogP contribution is 2.24. The molecule has 0 radical (unpaired) electrons. The van der Waals surface area contributed by atoms with Crippen molar-refractivity contribution in [3.8, 4) is 0 Å². The standard InChI is InChI=1S/C19H20FN3O2S/c1-12-10-14(6-7-16(12)20)23-9-8-17(18(23)24)22-19(25)21-13-4-3-5-15(11-13)26-2/h3-7,10-11,17H,8-9H2,1-2H3,(H2,21,22,25). The summed E-state index contributed by atoms with van der Waals surface area (Å²) in [5.41, 5.74) is 1.80. The van der Waals surface area contributed by atoms with E-state index in [1.807, 2.05) is 24.5 Å². The summed E-state index contributed by atoms with van der Waals surface area (Å²) in [6.07, 6.45) is 2.47. The highest BCUT2D eigenvalue weighted by Gasteiger charge is 2.33. The van der Waals surface area contributed by atoms with E-state index in [1.165, 1.54) is 6.07 Å². The SMILES string of the molecule is CSc1cccc(NC(=O)NC2CCN(c3ccc(F)c(C)c3)C2=O)c1. The van der Waals surface area contributed by atoms with Crippen molar-refractivity contribution in [2.45, 2.75) is 24.3 Å². The van der Waals surface area contributed by atoms with E-state index in [0.717, 1.165) is 4.90 Å². The first-order valence-electron chi connectivity index (χ1n) is 8.27. The fourth-order valence-electron chi connectivity index (χ4n) is 2.89. The van der Waals surface area contributed by atoms with Crippen LogP contribution in [0.15, 0.2) is 47.4 Å². The number of amides is 3. The van der Waals surface area contributed by atoms with Crippen LogP contribution in [0.2, 0.25) is 0 Å². The van der Waals surface area contributed by atoms with E-state index in [-0.39, 0.29) is 11.7 Å². The summed E-state index contributed by atoms with van der Waals surface area (Å²) in [5.74, 6) is -0.494. The normalized spacial score (nSPS) is 16.7. The molecule has 1 atom stereocenters. The van der Waals surface area contributed by atoms with Crippen LogP contribution < -0.4 is 15.5 Å². The first-order chi connectivity index (χ1) is 12.5. The number of carbonyl (C=O) groups excluding carboxylic acids is 2. The van der Waals surface area contributed by atoms with Crippen molar-refractivity contribution in [3.05, 3.63) is 53.8 Å². The quantitative estimate of drug-likeness (QED) is 0.802. The molecule has 136 valence electrons. The van der Waals surface area contributed by atoms with Gasteiger partial charge in [0.1, 0.15) is 11.9 Å². The molecule has 5 nitrogen and oxygen atoms in total. The lowest BCUT2D eigenvalue weighted by Crippen LogP contribution is -2.43. The van der Waals surface area contributed by atoms with Crippen LogP contribution in [0.1, 0.15) is 12.0 Å². The largest absolute Gasteiger partial charge is 0.326 e. The van der Waals surface area contributed by atoms with Gasteiger partial charge in [-0.1, -0.05) is 6.07 Å². The second-order valence-electron chi connectivity index (χ2n) is 6.10. The number of thioether (sulfide) groups is 1. The zero-order valence-corrected chi connectivity index (χ0v) is 15.4. The second-order valence-corrected chi connectivity index (χ2v) is 6.97. The molecule has 3 rings (SSSR count). The lowest BCUT2D eigenvalue weighted by atomic mass is 10.2. The molecule has 0 aliphatic carbocycles. The van der Waals surface area contributed by atoms with Crippen LogP contribution in [-0.4, -0.2) is 30.8 Å². The van der Waals surface area contributed by atoms with Crippen molar-refractivity contribution < 1.29 is 14.0 Å². The number of anilines is 2. The van der Waals surface area contributed by atoms with Crippen LogP contribution in [-0.2, 0) is 4.79 Å². The Morgan fingerprint density at radius 3 is 2.81 bits per heavy atom. The Morgan fingerprint density at radius 2 is 2.08 bits per heavy atom. The molecule has 7 heteroatoms. The molecule has 26 heavy (non-hydrogen) atoms. The maximum Gasteiger partial charge on any atom is 0.319 e. The van der Waals surface area contributed by atoms with Gasteiger partial charge in [0.05, 0.1) is 0 Å². The van der Waals surface area contributed by atoms with Crippen molar-refractivity contribution >= 4 is 35.1 Å². The van der Waals surface area contributed by atoms with E-state index in [0.29, 0.717) is 29.9 Å². The Kier molecular flexibility index (Phi) is 5.46. The molecule has 1 unspecified atom stereocenters. The molecule has 0 bridgehead atoms. The van der Waals surface area contributed by atoms with Gasteiger partial charge in [-0.05, 0) is 61.6 Å². The van der Waals surface area contributed by atoms with Crippen molar-refractivity contribution in [2.24, 2.45) is 0 Å². The Balaban J connectivity index is 1.62. The average Bonchev–Trinajstić information content (AvgIpc) is 2.98. The Bertz CT molecular complexity index is 843. The number of benzene rings is 2. The van der Waals surface area contributed by atoms with Crippen molar-refractivity contribution in [1.82, 2.24) is 5.32 Å². The van der Waals surface area contributed by atoms with Gasteiger partial charge in [-0.15, -0.1) is 11.8 Å². The molecule has 3 amide bonds. The van der Waals surface area contributed by atoms with E-state index >= 15 is 0 Å². The minimum absolute atomic E-state index is 0.191. The minimum atomic E-state index is -0.593. The monoisotopic (exact) mass is 373 g/mol. The first-order valence-corrected chi connectivity index (χ1v) is 9.49. The molecule has 2 aromatic rings. The van der Waals surface area contributed by atoms with Crippen LogP contribution in [0, 0.1) is 12.7 Å². The summed E-state index contributed by atoms with van der Waals surface area (Å²) in [5, 5.41) is 5.47. The number of aryl methyl sites for hydroxylation is 1. The predicted molar refractivity (Wildman–Crippen MR) is 102 cm³/mol. The van der Waals surface area contributed by atoms with Gasteiger partial charge in [0.25, 0.3) is 0 Å². The molecular formula is C19H20FN3O2S. The molecule has 1 heterocycles. The fourth-order valence-corrected chi connectivity index (χ4v) is 3.35. The van der Waals surface area contributed by atoms with Gasteiger partial charge in [0.15, 0.2) is 0 Å². The number of hydrogen-bond donors (Lipinski definition) is 2. The van der Waals surface area contributed by atoms with Gasteiger partial charge in [-0.2, -0.15) is 0 Å². The fraction of sp³-hybridized carbons (Fsp3) is 0.263. The van der Waals surface area contributed by atoms with Crippen LogP contribution in [0.5, 0.6) is 0 Å². The number of urea groups is 1. The predicted octanol–water partition coefficient (Wildman–Crippen LogP) is 3.78. The lowest BCUT2D eigenvalue weighted by molar-refractivity contribution is -0.118. The summed E-state index contributed by atoms with van der Waals surface area (Å²) in [6.45, 7) is 2.14. The Morgan fingerprint density at radius 1 is 1.27 bits per heavy atom. The second kappa shape index (κ2) is 7.78. The van der Waals surface area contributed by atoms with Crippen LogP contribution in [0.25, 0.3) is 0 Å². The van der Waals surface area contributed by atoms with Gasteiger partial charge in [-0.25, -0.2) is 9.18 Å². The lowest BCUT2D eigenvalue weighted by Gasteiger charge is -2.18. The third-order valence-electron chi connectivity index (χ3n) is 4.29. The third kappa shape index (κ3) is 3.99. The molecule has 0 spiro atoms. The molecule has 1 fully saturated rings. The topological polar surface area (TPSA) is 61.4 Å². The van der Waals surface area contributed by atoms with Gasteiger partial charge < -0.3 is 15.5 Å². The number of carbonyl (C=O) groups is 2. The van der Waals surface area contributed by atoms with Crippen LogP contribution in [0.4, 0.5) is 20.6 Å². The van der Waals surface area contributed by atoms with E-state index in [9.17, 15) is 14.0 Å². The Labute approximate surface area is 156 Å². The molecule has 2 N–H and O–H groups in total. The van der Waals surface area contributed by atoms with Crippen molar-refractivity contribution in [1.29, 1.82) is 0 Å². The summed E-state index contributed by atoms with van der Waals surface area (Å²) in [7, 11) is 0. The maximum atomic E-state index is 13.4. The van der Waals surface area contributed by atoms with E-state index < -0.39 is 12.1 Å². The number of nitrogens with zero attached hydrogens (tertiary/aromatic N) is 1. The van der Waals surface area contributed by atoms with E-state index in [4.69, 9.17) is 0 Å². The summed E-state index contributed by atoms with van der Waals surface area (Å²) in [6, 6.07) is 11.0. The van der Waals surface area contributed by atoms with Gasteiger partial charge in [0, 0.05) is 22.8 Å². The summed E-state index contributed by atoms with van der Waals surface area (Å²) >= 11 is 1.58. The van der Waals surface area contributed by atoms with Gasteiger partial charge >= 0.3 is 6.03 Å². The molecule has 1 saturated heterocycles. The average molecular weight is 373 g/mol. The van der Waals surface area contributed by atoms with Crippen molar-refractivity contribution in [3.63, 3.8) is 0 Å². The number of rotatable bonds is 4. The zero-order chi connectivity index (χ0) is 18.7. The molecular weight excluding hydrogens is 353 g/mol. The number of nitrogens with one attached hydrogen (secondary N) is 2. The number of hydrogen-bond acceptors (Lipinski definition) is 3. The molecule has 0 aromatic heterocycles. The molecule has 0 saturated carbocycles. The van der Waals surface area contributed by atoms with Crippen LogP contribution >= 0.6 is 11.8 Å². The summed E-state index contributed by atoms with van der Waals surface area (Å²) in [4.78, 5) is 27.4. The van der Waals surface area contributed by atoms with Gasteiger partial charge in [0.2, 0.25) is 5.91 Å². The molecule has 1 aliphatic heterocycles. The molecule has 2 aromatic carbocycles.